The van der Waals surface area contributed by atoms with Crippen molar-refractivity contribution in [1.82, 2.24) is 5.32 Å². The molecule has 88 valence electrons. The van der Waals surface area contributed by atoms with Crippen molar-refractivity contribution >= 4 is 15.9 Å². The Bertz CT molecular complexity index is 368. The Labute approximate surface area is 102 Å². The Morgan fingerprint density at radius 2 is 2.12 bits per heavy atom. The van der Waals surface area contributed by atoms with E-state index in [-0.39, 0.29) is 6.42 Å². The Kier molecular flexibility index (Phi) is 3.60. The third kappa shape index (κ3) is 2.61. The molecular weight excluding hydrogens is 276 g/mol. The standard InChI is InChI=1S/C12H14BrF2N/c13-11-4-2-1-3-9(11)7-10-8-16-6-5-12(10,14)15/h1-4,10,16H,5-8H2. The van der Waals surface area contributed by atoms with E-state index in [0.29, 0.717) is 19.5 Å². The number of hydrogen-bond acceptors (Lipinski definition) is 1. The van der Waals surface area contributed by atoms with E-state index in [1.807, 2.05) is 24.3 Å². The topological polar surface area (TPSA) is 12.0 Å². The fourth-order valence-corrected chi connectivity index (χ4v) is 2.48. The number of alkyl halides is 2. The maximum absolute atomic E-state index is 13.6. The normalized spacial score (nSPS) is 24.3. The quantitative estimate of drug-likeness (QED) is 0.881. The molecule has 1 heterocycles. The molecule has 1 aliphatic rings. The van der Waals surface area contributed by atoms with Gasteiger partial charge in [0, 0.05) is 29.9 Å². The van der Waals surface area contributed by atoms with Crippen LogP contribution >= 0.6 is 15.9 Å². The Morgan fingerprint density at radius 1 is 1.38 bits per heavy atom. The van der Waals surface area contributed by atoms with Crippen LogP contribution in [0, 0.1) is 5.92 Å². The van der Waals surface area contributed by atoms with Gasteiger partial charge >= 0.3 is 0 Å². The predicted molar refractivity (Wildman–Crippen MR) is 63.8 cm³/mol. The maximum atomic E-state index is 13.6. The molecule has 1 saturated heterocycles. The lowest BCUT2D eigenvalue weighted by atomic mass is 9.89. The van der Waals surface area contributed by atoms with Crippen LogP contribution in [0.25, 0.3) is 0 Å². The Hall–Kier alpha value is -0.480. The summed E-state index contributed by atoms with van der Waals surface area (Å²) >= 11 is 3.40. The van der Waals surface area contributed by atoms with E-state index in [9.17, 15) is 8.78 Å². The van der Waals surface area contributed by atoms with Gasteiger partial charge in [-0.05, 0) is 18.1 Å². The second-order valence-electron chi connectivity index (χ2n) is 4.21. The van der Waals surface area contributed by atoms with E-state index in [4.69, 9.17) is 0 Å². The highest BCUT2D eigenvalue weighted by Gasteiger charge is 2.41. The summed E-state index contributed by atoms with van der Waals surface area (Å²) in [5.41, 5.74) is 0.955. The van der Waals surface area contributed by atoms with Crippen molar-refractivity contribution in [3.63, 3.8) is 0 Å². The van der Waals surface area contributed by atoms with Gasteiger partial charge in [0.2, 0.25) is 0 Å². The molecule has 0 bridgehead atoms. The molecule has 1 fully saturated rings. The van der Waals surface area contributed by atoms with Crippen LogP contribution in [0.15, 0.2) is 28.7 Å². The summed E-state index contributed by atoms with van der Waals surface area (Å²) in [4.78, 5) is 0. The summed E-state index contributed by atoms with van der Waals surface area (Å²) in [5.74, 6) is -3.14. The molecule has 1 atom stereocenters. The van der Waals surface area contributed by atoms with Gasteiger partial charge in [0.15, 0.2) is 0 Å². The molecular formula is C12H14BrF2N. The van der Waals surface area contributed by atoms with Gasteiger partial charge in [-0.25, -0.2) is 8.78 Å². The highest BCUT2D eigenvalue weighted by molar-refractivity contribution is 9.10. The van der Waals surface area contributed by atoms with Crippen LogP contribution in [-0.2, 0) is 6.42 Å². The number of rotatable bonds is 2. The summed E-state index contributed by atoms with van der Waals surface area (Å²) in [5, 5.41) is 3.03. The molecule has 0 aromatic heterocycles. The van der Waals surface area contributed by atoms with E-state index >= 15 is 0 Å². The molecule has 16 heavy (non-hydrogen) atoms. The molecule has 1 aliphatic heterocycles. The third-order valence-electron chi connectivity index (χ3n) is 3.05. The van der Waals surface area contributed by atoms with Gasteiger partial charge < -0.3 is 5.32 Å². The SMILES string of the molecule is FC1(F)CCNCC1Cc1ccccc1Br. The fraction of sp³-hybridized carbons (Fsp3) is 0.500. The molecule has 4 heteroatoms. The van der Waals surface area contributed by atoms with E-state index < -0.39 is 11.8 Å². The minimum absolute atomic E-state index is 0.0535. The lowest BCUT2D eigenvalue weighted by Gasteiger charge is -2.32. The zero-order valence-electron chi connectivity index (χ0n) is 8.85. The van der Waals surface area contributed by atoms with Gasteiger partial charge in [-0.1, -0.05) is 34.1 Å². The largest absolute Gasteiger partial charge is 0.316 e. The molecule has 0 aliphatic carbocycles. The Morgan fingerprint density at radius 3 is 2.81 bits per heavy atom. The van der Waals surface area contributed by atoms with E-state index in [1.165, 1.54) is 0 Å². The van der Waals surface area contributed by atoms with Gasteiger partial charge in [-0.3, -0.25) is 0 Å². The van der Waals surface area contributed by atoms with Crippen molar-refractivity contribution in [2.24, 2.45) is 5.92 Å². The summed E-state index contributed by atoms with van der Waals surface area (Å²) in [6.45, 7) is 0.813. The van der Waals surface area contributed by atoms with Gasteiger partial charge in [0.25, 0.3) is 5.92 Å². The van der Waals surface area contributed by atoms with Crippen molar-refractivity contribution in [2.45, 2.75) is 18.8 Å². The average molecular weight is 290 g/mol. The highest BCUT2D eigenvalue weighted by Crippen LogP contribution is 2.34. The molecule has 0 amide bonds. The second-order valence-corrected chi connectivity index (χ2v) is 5.06. The van der Waals surface area contributed by atoms with Gasteiger partial charge in [0.05, 0.1) is 0 Å². The average Bonchev–Trinajstić information content (AvgIpc) is 2.24. The first-order valence-electron chi connectivity index (χ1n) is 5.41. The lowest BCUT2D eigenvalue weighted by molar-refractivity contribution is -0.0776. The Balaban J connectivity index is 2.12. The van der Waals surface area contributed by atoms with Gasteiger partial charge in [0.1, 0.15) is 0 Å². The smallest absolute Gasteiger partial charge is 0.253 e. The van der Waals surface area contributed by atoms with Gasteiger partial charge in [-0.15, -0.1) is 0 Å². The van der Waals surface area contributed by atoms with E-state index in [0.717, 1.165) is 10.0 Å². The van der Waals surface area contributed by atoms with Gasteiger partial charge in [-0.2, -0.15) is 0 Å². The molecule has 2 rings (SSSR count). The number of hydrogen-bond donors (Lipinski definition) is 1. The predicted octanol–water partition coefficient (Wildman–Crippen LogP) is 3.24. The molecule has 1 unspecified atom stereocenters. The van der Waals surface area contributed by atoms with Crippen LogP contribution < -0.4 is 5.32 Å². The summed E-state index contributed by atoms with van der Waals surface area (Å²) in [6, 6.07) is 7.57. The summed E-state index contributed by atoms with van der Waals surface area (Å²) < 4.78 is 28.2. The van der Waals surface area contributed by atoms with Crippen molar-refractivity contribution < 1.29 is 8.78 Å². The highest BCUT2D eigenvalue weighted by atomic mass is 79.9. The zero-order valence-corrected chi connectivity index (χ0v) is 10.4. The number of piperidine rings is 1. The lowest BCUT2D eigenvalue weighted by Crippen LogP contribution is -2.45. The fourth-order valence-electron chi connectivity index (χ4n) is 2.04. The first kappa shape index (κ1) is 12.0. The van der Waals surface area contributed by atoms with Crippen molar-refractivity contribution in [1.29, 1.82) is 0 Å². The van der Waals surface area contributed by atoms with Crippen LogP contribution in [0.5, 0.6) is 0 Å². The number of benzene rings is 1. The van der Waals surface area contributed by atoms with E-state index in [1.54, 1.807) is 0 Å². The molecule has 1 aromatic rings. The van der Waals surface area contributed by atoms with Crippen LogP contribution in [-0.4, -0.2) is 19.0 Å². The zero-order chi connectivity index (χ0) is 11.6. The van der Waals surface area contributed by atoms with Crippen molar-refractivity contribution in [3.05, 3.63) is 34.3 Å². The molecule has 0 saturated carbocycles. The minimum atomic E-state index is -2.54. The first-order chi connectivity index (χ1) is 7.59. The van der Waals surface area contributed by atoms with Crippen LogP contribution in [0.3, 0.4) is 0 Å². The number of nitrogens with one attached hydrogen (secondary N) is 1. The first-order valence-corrected chi connectivity index (χ1v) is 6.21. The second kappa shape index (κ2) is 4.80. The van der Waals surface area contributed by atoms with E-state index in [2.05, 4.69) is 21.2 Å². The van der Waals surface area contributed by atoms with Crippen molar-refractivity contribution in [2.75, 3.05) is 13.1 Å². The minimum Gasteiger partial charge on any atom is -0.316 e. The molecule has 1 nitrogen and oxygen atoms in total. The summed E-state index contributed by atoms with van der Waals surface area (Å²) in [7, 11) is 0. The van der Waals surface area contributed by atoms with Crippen molar-refractivity contribution in [3.8, 4) is 0 Å². The maximum Gasteiger partial charge on any atom is 0.253 e. The number of halogens is 3. The molecule has 0 radical (unpaired) electrons. The monoisotopic (exact) mass is 289 g/mol. The van der Waals surface area contributed by atoms with Crippen LogP contribution in [0.1, 0.15) is 12.0 Å². The van der Waals surface area contributed by atoms with Crippen LogP contribution in [0.4, 0.5) is 8.78 Å². The summed E-state index contributed by atoms with van der Waals surface area (Å²) in [6.07, 6.45) is 0.365. The molecule has 1 N–H and O–H groups in total. The third-order valence-corrected chi connectivity index (χ3v) is 3.82. The molecule has 1 aromatic carbocycles. The van der Waals surface area contributed by atoms with Crippen LogP contribution in [0.2, 0.25) is 0 Å². The molecule has 0 spiro atoms.